The maximum atomic E-state index is 12.5. The molecule has 1 aromatic heterocycles. The Balaban J connectivity index is 2.19. The second-order valence-electron chi connectivity index (χ2n) is 5.51. The molecular weight excluding hydrogens is 296 g/mol. The fourth-order valence-corrected chi connectivity index (χ4v) is 3.39. The molecule has 0 saturated heterocycles. The Morgan fingerprint density at radius 1 is 1.30 bits per heavy atom. The molecule has 1 aromatic carbocycles. The van der Waals surface area contributed by atoms with Crippen LogP contribution in [0, 0.1) is 0 Å². The molecule has 3 rings (SSSR count). The van der Waals surface area contributed by atoms with Crippen LogP contribution in [0.1, 0.15) is 24.2 Å². The number of ether oxygens (including phenoxy) is 2. The number of fused-ring (bicyclic) bond motifs is 3. The first-order valence-electron chi connectivity index (χ1n) is 7.67. The Morgan fingerprint density at radius 2 is 2.04 bits per heavy atom. The van der Waals surface area contributed by atoms with Crippen molar-refractivity contribution in [1.29, 1.82) is 0 Å². The van der Waals surface area contributed by atoms with E-state index in [1.165, 1.54) is 12.0 Å². The van der Waals surface area contributed by atoms with Gasteiger partial charge in [-0.1, -0.05) is 18.2 Å². The lowest BCUT2D eigenvalue weighted by Gasteiger charge is -2.33. The molecule has 0 N–H and O–H groups in total. The standard InChI is InChI=1S/C17H20N2O4/c1-4-23-16(20)15-14-12(9-10-19(15)17(21)22-3)11-7-5-6-8-13(11)18(14)2/h5-8,15H,4,9-10H2,1-3H3. The van der Waals surface area contributed by atoms with Crippen molar-refractivity contribution in [3.05, 3.63) is 35.5 Å². The van der Waals surface area contributed by atoms with Gasteiger partial charge in [-0.25, -0.2) is 9.59 Å². The van der Waals surface area contributed by atoms with Crippen molar-refractivity contribution in [3.63, 3.8) is 0 Å². The molecule has 0 bridgehead atoms. The van der Waals surface area contributed by atoms with Gasteiger partial charge in [0.1, 0.15) is 0 Å². The van der Waals surface area contributed by atoms with E-state index in [9.17, 15) is 9.59 Å². The van der Waals surface area contributed by atoms with E-state index in [2.05, 4.69) is 0 Å². The van der Waals surface area contributed by atoms with Gasteiger partial charge in [0.15, 0.2) is 6.04 Å². The van der Waals surface area contributed by atoms with Gasteiger partial charge in [0.25, 0.3) is 0 Å². The summed E-state index contributed by atoms with van der Waals surface area (Å²) in [6.07, 6.45) is 0.167. The minimum Gasteiger partial charge on any atom is -0.464 e. The highest BCUT2D eigenvalue weighted by Gasteiger charge is 2.40. The van der Waals surface area contributed by atoms with Crippen LogP contribution >= 0.6 is 0 Å². The zero-order valence-corrected chi connectivity index (χ0v) is 13.5. The largest absolute Gasteiger partial charge is 0.464 e. The molecule has 6 nitrogen and oxygen atoms in total. The van der Waals surface area contributed by atoms with Gasteiger partial charge in [-0.05, 0) is 25.0 Å². The van der Waals surface area contributed by atoms with Crippen LogP contribution < -0.4 is 0 Å². The molecule has 2 heterocycles. The first-order chi connectivity index (χ1) is 11.1. The van der Waals surface area contributed by atoms with E-state index in [1.54, 1.807) is 6.92 Å². The first kappa shape index (κ1) is 15.4. The number of hydrogen-bond acceptors (Lipinski definition) is 4. The van der Waals surface area contributed by atoms with Crippen molar-refractivity contribution in [3.8, 4) is 0 Å². The van der Waals surface area contributed by atoms with Crippen molar-refractivity contribution in [2.45, 2.75) is 19.4 Å². The second-order valence-corrected chi connectivity index (χ2v) is 5.51. The van der Waals surface area contributed by atoms with Gasteiger partial charge in [-0.3, -0.25) is 4.90 Å². The molecule has 1 aliphatic heterocycles. The predicted molar refractivity (Wildman–Crippen MR) is 85.1 cm³/mol. The predicted octanol–water partition coefficient (Wildman–Crippen LogP) is 2.41. The molecule has 0 fully saturated rings. The number of carbonyl (C=O) groups excluding carboxylic acids is 2. The second kappa shape index (κ2) is 5.95. The Kier molecular flexibility index (Phi) is 3.98. The summed E-state index contributed by atoms with van der Waals surface area (Å²) in [5.74, 6) is -0.426. The summed E-state index contributed by atoms with van der Waals surface area (Å²) < 4.78 is 12.0. The van der Waals surface area contributed by atoms with Gasteiger partial charge in [0.05, 0.1) is 19.4 Å². The molecular formula is C17H20N2O4. The smallest absolute Gasteiger partial charge is 0.410 e. The van der Waals surface area contributed by atoms with Crippen molar-refractivity contribution in [1.82, 2.24) is 9.47 Å². The Hall–Kier alpha value is -2.50. The summed E-state index contributed by atoms with van der Waals surface area (Å²) in [5, 5.41) is 1.11. The highest BCUT2D eigenvalue weighted by Crippen LogP contribution is 2.37. The Morgan fingerprint density at radius 3 is 2.74 bits per heavy atom. The third-order valence-corrected chi connectivity index (χ3v) is 4.35. The van der Waals surface area contributed by atoms with Gasteiger partial charge in [0, 0.05) is 24.5 Å². The molecule has 1 atom stereocenters. The molecule has 0 aliphatic carbocycles. The van der Waals surface area contributed by atoms with Gasteiger partial charge in [0.2, 0.25) is 0 Å². The lowest BCUT2D eigenvalue weighted by atomic mass is 9.97. The average Bonchev–Trinajstić information content (AvgIpc) is 2.87. The normalized spacial score (nSPS) is 17.0. The topological polar surface area (TPSA) is 60.8 Å². The van der Waals surface area contributed by atoms with Crippen molar-refractivity contribution in [2.75, 3.05) is 20.3 Å². The summed E-state index contributed by atoms with van der Waals surface area (Å²) >= 11 is 0. The van der Waals surface area contributed by atoms with Crippen molar-refractivity contribution in [2.24, 2.45) is 7.05 Å². The Bertz CT molecular complexity index is 765. The van der Waals surface area contributed by atoms with Crippen LogP contribution in [0.15, 0.2) is 24.3 Å². The first-order valence-corrected chi connectivity index (χ1v) is 7.67. The molecule has 1 aliphatic rings. The maximum Gasteiger partial charge on any atom is 0.410 e. The minimum atomic E-state index is -0.774. The number of hydrogen-bond donors (Lipinski definition) is 0. The molecule has 1 amide bonds. The number of esters is 1. The number of benzene rings is 1. The van der Waals surface area contributed by atoms with Crippen LogP contribution in [-0.2, 0) is 27.7 Å². The molecule has 6 heteroatoms. The van der Waals surface area contributed by atoms with Crippen LogP contribution in [0.4, 0.5) is 4.79 Å². The van der Waals surface area contributed by atoms with E-state index in [4.69, 9.17) is 9.47 Å². The van der Waals surface area contributed by atoms with E-state index in [-0.39, 0.29) is 6.61 Å². The molecule has 23 heavy (non-hydrogen) atoms. The minimum absolute atomic E-state index is 0.267. The van der Waals surface area contributed by atoms with E-state index in [0.29, 0.717) is 13.0 Å². The Labute approximate surface area is 134 Å². The number of para-hydroxylation sites is 1. The van der Waals surface area contributed by atoms with Crippen LogP contribution in [0.2, 0.25) is 0 Å². The molecule has 2 aromatic rings. The monoisotopic (exact) mass is 316 g/mol. The SMILES string of the molecule is CCOC(=O)C1c2c(c3ccccc3n2C)CCN1C(=O)OC. The summed E-state index contributed by atoms with van der Waals surface area (Å²) in [6.45, 7) is 2.45. The highest BCUT2D eigenvalue weighted by molar-refractivity contribution is 5.91. The lowest BCUT2D eigenvalue weighted by molar-refractivity contribution is -0.149. The van der Waals surface area contributed by atoms with Gasteiger partial charge >= 0.3 is 12.1 Å². The van der Waals surface area contributed by atoms with Gasteiger partial charge in [-0.2, -0.15) is 0 Å². The third-order valence-electron chi connectivity index (χ3n) is 4.35. The number of aromatic nitrogens is 1. The molecule has 0 radical (unpaired) electrons. The molecule has 0 saturated carbocycles. The van der Waals surface area contributed by atoms with Crippen LogP contribution in [0.5, 0.6) is 0 Å². The number of rotatable bonds is 2. The molecule has 1 unspecified atom stereocenters. The number of amides is 1. The number of nitrogens with zero attached hydrogens (tertiary/aromatic N) is 2. The lowest BCUT2D eigenvalue weighted by Crippen LogP contribution is -2.44. The fraction of sp³-hybridized carbons (Fsp3) is 0.412. The van der Waals surface area contributed by atoms with Crippen LogP contribution in [-0.4, -0.2) is 41.8 Å². The van der Waals surface area contributed by atoms with Gasteiger partial charge in [-0.15, -0.1) is 0 Å². The maximum absolute atomic E-state index is 12.5. The number of methoxy groups -OCH3 is 1. The van der Waals surface area contributed by atoms with E-state index >= 15 is 0 Å². The molecule has 0 spiro atoms. The fourth-order valence-electron chi connectivity index (χ4n) is 3.39. The van der Waals surface area contributed by atoms with Crippen molar-refractivity contribution < 1.29 is 19.1 Å². The zero-order chi connectivity index (χ0) is 16.6. The van der Waals surface area contributed by atoms with Crippen LogP contribution in [0.25, 0.3) is 10.9 Å². The van der Waals surface area contributed by atoms with Crippen LogP contribution in [0.3, 0.4) is 0 Å². The number of carbonyl (C=O) groups is 2. The average molecular weight is 316 g/mol. The van der Waals surface area contributed by atoms with Crippen molar-refractivity contribution >= 4 is 23.0 Å². The van der Waals surface area contributed by atoms with E-state index < -0.39 is 18.1 Å². The third kappa shape index (κ3) is 2.34. The highest BCUT2D eigenvalue weighted by atomic mass is 16.6. The summed E-state index contributed by atoms with van der Waals surface area (Å²) in [7, 11) is 3.23. The number of aryl methyl sites for hydroxylation is 1. The van der Waals surface area contributed by atoms with E-state index in [1.807, 2.05) is 35.9 Å². The zero-order valence-electron chi connectivity index (χ0n) is 13.5. The summed E-state index contributed by atoms with van der Waals surface area (Å²) in [4.78, 5) is 26.1. The quantitative estimate of drug-likeness (QED) is 0.798. The van der Waals surface area contributed by atoms with E-state index in [0.717, 1.165) is 22.2 Å². The molecule has 122 valence electrons. The van der Waals surface area contributed by atoms with Gasteiger partial charge < -0.3 is 14.0 Å². The summed E-state index contributed by atoms with van der Waals surface area (Å²) in [6, 6.07) is 7.23. The summed E-state index contributed by atoms with van der Waals surface area (Å²) in [5.41, 5.74) is 2.95.